The first-order chi connectivity index (χ1) is 14.6. The van der Waals surface area contributed by atoms with Gasteiger partial charge in [0.15, 0.2) is 12.5 Å². The summed E-state index contributed by atoms with van der Waals surface area (Å²) in [4.78, 5) is 0. The molecule has 0 bridgehead atoms. The number of anilines is 1. The van der Waals surface area contributed by atoms with Crippen molar-refractivity contribution >= 4 is 17.4 Å². The summed E-state index contributed by atoms with van der Waals surface area (Å²) in [7, 11) is 0. The van der Waals surface area contributed by atoms with Crippen LogP contribution in [0.25, 0.3) is 0 Å². The van der Waals surface area contributed by atoms with Gasteiger partial charge < -0.3 is 25.5 Å². The topological polar surface area (TPSA) is 91.7 Å². The monoisotopic (exact) mass is 424 g/mol. The Morgan fingerprint density at radius 2 is 1.87 bits per heavy atom. The number of hydrogen-bond acceptors (Lipinski definition) is 6. The highest BCUT2D eigenvalue weighted by atomic mass is 32.2. The number of rotatable bonds is 6. The summed E-state index contributed by atoms with van der Waals surface area (Å²) in [6.45, 7) is 0.00632. The molecule has 0 radical (unpaired) electrons. The van der Waals surface area contributed by atoms with Gasteiger partial charge in [-0.3, -0.25) is 0 Å². The molecule has 2 heterocycles. The summed E-state index contributed by atoms with van der Waals surface area (Å²) < 4.78 is 13.4. The van der Waals surface area contributed by atoms with E-state index in [2.05, 4.69) is 0 Å². The molecule has 2 aromatic carbocycles. The fourth-order valence-corrected chi connectivity index (χ4v) is 4.37. The molecule has 6 nitrogen and oxygen atoms in total. The summed E-state index contributed by atoms with van der Waals surface area (Å²) in [5.74, 6) is 0.625. The van der Waals surface area contributed by atoms with Crippen LogP contribution in [0.3, 0.4) is 0 Å². The van der Waals surface area contributed by atoms with Gasteiger partial charge in [0.1, 0.15) is 0 Å². The van der Waals surface area contributed by atoms with Crippen molar-refractivity contribution < 1.29 is 19.3 Å². The molecule has 3 unspecified atom stereocenters. The Morgan fingerprint density at radius 1 is 1.03 bits per heavy atom. The highest BCUT2D eigenvalue weighted by Gasteiger charge is 2.32. The molecule has 0 aliphatic carbocycles. The van der Waals surface area contributed by atoms with E-state index in [-0.39, 0.29) is 18.8 Å². The van der Waals surface area contributed by atoms with E-state index in [1.165, 1.54) is 18.0 Å². The maximum absolute atomic E-state index is 12.0. The van der Waals surface area contributed by atoms with E-state index < -0.39 is 6.29 Å². The summed E-state index contributed by atoms with van der Waals surface area (Å²) in [6.07, 6.45) is 1.33. The molecule has 0 amide bonds. The van der Waals surface area contributed by atoms with Crippen LogP contribution in [-0.4, -0.2) is 17.0 Å². The lowest BCUT2D eigenvalue weighted by Gasteiger charge is -2.36. The number of nitrogen functional groups attached to an aromatic ring is 1. The summed E-state index contributed by atoms with van der Waals surface area (Å²) in [5, 5.41) is 21.9. The molecule has 3 aromatic rings. The fraction of sp³-hybridized carbons (Fsp3) is 0.261. The van der Waals surface area contributed by atoms with E-state index in [0.29, 0.717) is 22.9 Å². The average Bonchev–Trinajstić information content (AvgIpc) is 2.78. The molecule has 0 spiro atoms. The number of nitrogens with two attached hydrogens (primary N) is 1. The molecule has 1 saturated heterocycles. The lowest BCUT2D eigenvalue weighted by molar-refractivity contribution is -0.645. The zero-order valence-electron chi connectivity index (χ0n) is 16.4. The maximum atomic E-state index is 12.0. The van der Waals surface area contributed by atoms with E-state index in [0.717, 1.165) is 21.4 Å². The van der Waals surface area contributed by atoms with Gasteiger partial charge in [-0.1, -0.05) is 48.2 Å². The minimum atomic E-state index is -0.550. The Hall–Kier alpha value is -2.58. The number of aliphatic hydroxyl groups is 1. The van der Waals surface area contributed by atoms with Crippen molar-refractivity contribution in [1.29, 1.82) is 0 Å². The van der Waals surface area contributed by atoms with Crippen molar-refractivity contribution in [1.82, 2.24) is 0 Å². The molecule has 3 atom stereocenters. The largest absolute Gasteiger partial charge is 0.618 e. The van der Waals surface area contributed by atoms with Crippen LogP contribution in [0.1, 0.15) is 35.5 Å². The number of benzene rings is 2. The Morgan fingerprint density at radius 3 is 2.60 bits per heavy atom. The van der Waals surface area contributed by atoms with Crippen molar-refractivity contribution in [2.45, 2.75) is 36.6 Å². The number of thioether (sulfide) groups is 1. The Balaban J connectivity index is 1.54. The molecule has 156 valence electrons. The van der Waals surface area contributed by atoms with Gasteiger partial charge in [0.25, 0.3) is 5.03 Å². The van der Waals surface area contributed by atoms with Gasteiger partial charge in [-0.05, 0) is 29.3 Å². The summed E-state index contributed by atoms with van der Waals surface area (Å²) in [5.41, 5.74) is 9.35. The zero-order chi connectivity index (χ0) is 20.9. The van der Waals surface area contributed by atoms with Gasteiger partial charge >= 0.3 is 0 Å². The quantitative estimate of drug-likeness (QED) is 0.271. The average molecular weight is 425 g/mol. The molecular weight excluding hydrogens is 400 g/mol. The second-order valence-corrected chi connectivity index (χ2v) is 8.24. The normalized spacial score (nSPS) is 21.4. The number of aliphatic hydroxyl groups excluding tert-OH is 1. The van der Waals surface area contributed by atoms with Crippen LogP contribution in [0.4, 0.5) is 5.69 Å². The Labute approximate surface area is 179 Å². The van der Waals surface area contributed by atoms with E-state index in [1.54, 1.807) is 12.1 Å². The lowest BCUT2D eigenvalue weighted by atomic mass is 10.0. The first kappa shape index (κ1) is 20.7. The molecule has 30 heavy (non-hydrogen) atoms. The second-order valence-electron chi connectivity index (χ2n) is 7.20. The molecule has 1 aliphatic heterocycles. The van der Waals surface area contributed by atoms with Gasteiger partial charge in [-0.25, -0.2) is 0 Å². The Kier molecular flexibility index (Phi) is 6.54. The van der Waals surface area contributed by atoms with Crippen LogP contribution >= 0.6 is 11.8 Å². The molecule has 1 aromatic heterocycles. The maximum Gasteiger partial charge on any atom is 0.251 e. The van der Waals surface area contributed by atoms with Crippen molar-refractivity contribution in [3.8, 4) is 0 Å². The van der Waals surface area contributed by atoms with Crippen molar-refractivity contribution in [2.24, 2.45) is 0 Å². The standard InChI is InChI=1S/C23H24N2O4S/c24-19-5-3-4-18(12-19)23-28-20(15-30-22-6-1-2-11-25(22)27)13-21(29-23)17-9-7-16(14-26)8-10-17/h1-12,20-21,23,26H,13-15,24H2. The van der Waals surface area contributed by atoms with Gasteiger partial charge in [0.05, 0.1) is 18.8 Å². The third kappa shape index (κ3) is 4.94. The molecule has 3 N–H and O–H groups in total. The predicted octanol–water partition coefficient (Wildman–Crippen LogP) is 3.73. The van der Waals surface area contributed by atoms with E-state index in [9.17, 15) is 10.3 Å². The highest BCUT2D eigenvalue weighted by molar-refractivity contribution is 7.99. The molecular formula is C23H24N2O4S. The number of nitrogens with zero attached hydrogens (tertiary/aromatic N) is 1. The first-order valence-corrected chi connectivity index (χ1v) is 10.8. The van der Waals surface area contributed by atoms with Crippen LogP contribution in [0.15, 0.2) is 78.0 Å². The van der Waals surface area contributed by atoms with Crippen molar-refractivity contribution in [3.05, 3.63) is 94.8 Å². The van der Waals surface area contributed by atoms with Crippen LogP contribution in [0.5, 0.6) is 0 Å². The number of pyridine rings is 1. The number of aromatic nitrogens is 1. The zero-order valence-corrected chi connectivity index (χ0v) is 17.2. The van der Waals surface area contributed by atoms with Gasteiger partial charge in [-0.15, -0.1) is 0 Å². The SMILES string of the molecule is Nc1cccc(C2OC(CSc3cccc[n+]3[O-])CC(c3ccc(CO)cc3)O2)c1. The van der Waals surface area contributed by atoms with Crippen LogP contribution in [0.2, 0.25) is 0 Å². The number of ether oxygens (including phenoxy) is 2. The van der Waals surface area contributed by atoms with E-state index >= 15 is 0 Å². The Bertz CT molecular complexity index is 983. The molecule has 1 aliphatic rings. The van der Waals surface area contributed by atoms with Gasteiger partial charge in [0.2, 0.25) is 0 Å². The smallest absolute Gasteiger partial charge is 0.251 e. The molecule has 7 heteroatoms. The second kappa shape index (κ2) is 9.49. The van der Waals surface area contributed by atoms with Crippen LogP contribution in [0, 0.1) is 5.21 Å². The minimum Gasteiger partial charge on any atom is -0.618 e. The summed E-state index contributed by atoms with van der Waals surface area (Å²) in [6, 6.07) is 20.6. The van der Waals surface area contributed by atoms with Crippen LogP contribution in [-0.2, 0) is 16.1 Å². The predicted molar refractivity (Wildman–Crippen MR) is 115 cm³/mol. The minimum absolute atomic E-state index is 0.00632. The molecule has 4 rings (SSSR count). The van der Waals surface area contributed by atoms with Gasteiger partial charge in [0, 0.05) is 35.6 Å². The third-order valence-electron chi connectivity index (χ3n) is 5.00. The number of hydrogen-bond donors (Lipinski definition) is 2. The third-order valence-corrected chi connectivity index (χ3v) is 6.15. The van der Waals surface area contributed by atoms with E-state index in [4.69, 9.17) is 15.2 Å². The van der Waals surface area contributed by atoms with Gasteiger partial charge in [-0.2, -0.15) is 4.73 Å². The highest BCUT2D eigenvalue weighted by Crippen LogP contribution is 2.39. The molecule has 0 saturated carbocycles. The molecule has 1 fully saturated rings. The van der Waals surface area contributed by atoms with Crippen molar-refractivity contribution in [3.63, 3.8) is 0 Å². The first-order valence-electron chi connectivity index (χ1n) is 9.79. The lowest BCUT2D eigenvalue weighted by Crippen LogP contribution is -2.32. The van der Waals surface area contributed by atoms with E-state index in [1.807, 2.05) is 54.6 Å². The van der Waals surface area contributed by atoms with Crippen molar-refractivity contribution in [2.75, 3.05) is 11.5 Å². The fourth-order valence-electron chi connectivity index (χ4n) is 3.43. The van der Waals surface area contributed by atoms with Crippen LogP contribution < -0.4 is 10.5 Å². The summed E-state index contributed by atoms with van der Waals surface area (Å²) >= 11 is 1.47.